The molecule has 0 aliphatic carbocycles. The third kappa shape index (κ3) is 5.65. The standard InChI is InChI=1S/C21H23N3O4S3/c1-14-5-7-15(8-6-14)17-12-29-21(23-17)30-13-20(25)22-16-9-10-18(28-4)19(11-16)31(26,27)24(2)3/h5-12H,13H2,1-4H3,(H,22,25). The van der Waals surface area contributed by atoms with Crippen molar-refractivity contribution in [1.82, 2.24) is 9.29 Å². The molecule has 0 aliphatic rings. The van der Waals surface area contributed by atoms with Gasteiger partial charge in [0.15, 0.2) is 4.34 Å². The van der Waals surface area contributed by atoms with E-state index in [1.54, 1.807) is 6.07 Å². The van der Waals surface area contributed by atoms with Crippen LogP contribution in [-0.2, 0) is 14.8 Å². The van der Waals surface area contributed by atoms with Crippen LogP contribution in [0.4, 0.5) is 5.69 Å². The number of ether oxygens (including phenoxy) is 1. The van der Waals surface area contributed by atoms with Gasteiger partial charge in [-0.05, 0) is 25.1 Å². The third-order valence-corrected chi connectivity index (χ3v) is 8.22. The molecule has 0 atom stereocenters. The fraction of sp³-hybridized carbons (Fsp3) is 0.238. The minimum atomic E-state index is -3.72. The van der Waals surface area contributed by atoms with Gasteiger partial charge in [0, 0.05) is 30.7 Å². The fourth-order valence-corrected chi connectivity index (χ4v) is 5.37. The smallest absolute Gasteiger partial charge is 0.246 e. The number of thioether (sulfide) groups is 1. The molecule has 1 heterocycles. The highest BCUT2D eigenvalue weighted by molar-refractivity contribution is 8.01. The molecule has 31 heavy (non-hydrogen) atoms. The predicted octanol–water partition coefficient (Wildman–Crippen LogP) is 4.11. The number of carbonyl (C=O) groups excluding carboxylic acids is 1. The molecule has 2 aromatic carbocycles. The van der Waals surface area contributed by atoms with Crippen molar-refractivity contribution in [2.75, 3.05) is 32.3 Å². The molecule has 0 radical (unpaired) electrons. The van der Waals surface area contributed by atoms with Gasteiger partial charge in [0.25, 0.3) is 0 Å². The lowest BCUT2D eigenvalue weighted by molar-refractivity contribution is -0.113. The lowest BCUT2D eigenvalue weighted by Gasteiger charge is -2.15. The molecule has 3 aromatic rings. The van der Waals surface area contributed by atoms with E-state index in [2.05, 4.69) is 10.3 Å². The molecule has 1 aromatic heterocycles. The number of aromatic nitrogens is 1. The van der Waals surface area contributed by atoms with Crippen molar-refractivity contribution in [3.05, 3.63) is 53.4 Å². The molecule has 1 amide bonds. The van der Waals surface area contributed by atoms with Gasteiger partial charge in [0.05, 0.1) is 18.6 Å². The molecule has 0 aliphatic heterocycles. The van der Waals surface area contributed by atoms with Gasteiger partial charge in [-0.1, -0.05) is 41.6 Å². The monoisotopic (exact) mass is 477 g/mol. The number of thiazole rings is 1. The van der Waals surface area contributed by atoms with E-state index >= 15 is 0 Å². The Bertz CT molecular complexity index is 1170. The van der Waals surface area contributed by atoms with Crippen LogP contribution in [0.3, 0.4) is 0 Å². The third-order valence-electron chi connectivity index (χ3n) is 4.36. The molecule has 0 saturated carbocycles. The average molecular weight is 478 g/mol. The second-order valence-electron chi connectivity index (χ2n) is 6.85. The summed E-state index contributed by atoms with van der Waals surface area (Å²) in [6, 6.07) is 12.6. The maximum atomic E-state index is 12.5. The van der Waals surface area contributed by atoms with Gasteiger partial charge < -0.3 is 10.1 Å². The number of rotatable bonds is 8. The first-order valence-electron chi connectivity index (χ1n) is 9.26. The second kappa shape index (κ2) is 9.82. The maximum absolute atomic E-state index is 12.5. The van der Waals surface area contributed by atoms with Crippen LogP contribution in [-0.4, -0.2) is 50.6 Å². The summed E-state index contributed by atoms with van der Waals surface area (Å²) in [5, 5.41) is 4.70. The summed E-state index contributed by atoms with van der Waals surface area (Å²) in [7, 11) is 0.565. The number of carbonyl (C=O) groups is 1. The molecular weight excluding hydrogens is 454 g/mol. The van der Waals surface area contributed by atoms with Crippen molar-refractivity contribution in [2.24, 2.45) is 0 Å². The summed E-state index contributed by atoms with van der Waals surface area (Å²) < 4.78 is 32.1. The van der Waals surface area contributed by atoms with E-state index in [1.165, 1.54) is 62.0 Å². The van der Waals surface area contributed by atoms with Crippen LogP contribution < -0.4 is 10.1 Å². The zero-order chi connectivity index (χ0) is 22.6. The highest BCUT2D eigenvalue weighted by atomic mass is 32.2. The van der Waals surface area contributed by atoms with Crippen LogP contribution in [0.25, 0.3) is 11.3 Å². The van der Waals surface area contributed by atoms with Crippen molar-refractivity contribution >= 4 is 44.7 Å². The first kappa shape index (κ1) is 23.3. The maximum Gasteiger partial charge on any atom is 0.246 e. The van der Waals surface area contributed by atoms with Gasteiger partial charge in [-0.2, -0.15) is 0 Å². The molecule has 1 N–H and O–H groups in total. The van der Waals surface area contributed by atoms with E-state index < -0.39 is 10.0 Å². The second-order valence-corrected chi connectivity index (χ2v) is 11.1. The van der Waals surface area contributed by atoms with Gasteiger partial charge >= 0.3 is 0 Å². The fourth-order valence-electron chi connectivity index (χ4n) is 2.66. The summed E-state index contributed by atoms with van der Waals surface area (Å²) in [5.74, 6) is 0.116. The molecule has 164 valence electrons. The van der Waals surface area contributed by atoms with Gasteiger partial charge in [0.1, 0.15) is 10.6 Å². The highest BCUT2D eigenvalue weighted by Gasteiger charge is 2.23. The Hall–Kier alpha value is -2.40. The van der Waals surface area contributed by atoms with Crippen molar-refractivity contribution in [1.29, 1.82) is 0 Å². The molecule has 0 fully saturated rings. The number of anilines is 1. The lowest BCUT2D eigenvalue weighted by atomic mass is 10.1. The average Bonchev–Trinajstić information content (AvgIpc) is 3.21. The van der Waals surface area contributed by atoms with E-state index in [9.17, 15) is 13.2 Å². The number of nitrogens with one attached hydrogen (secondary N) is 1. The molecule has 0 saturated heterocycles. The van der Waals surface area contributed by atoms with Crippen molar-refractivity contribution in [3.63, 3.8) is 0 Å². The van der Waals surface area contributed by atoms with Gasteiger partial charge in [0.2, 0.25) is 15.9 Å². The van der Waals surface area contributed by atoms with E-state index in [0.717, 1.165) is 19.9 Å². The van der Waals surface area contributed by atoms with Gasteiger partial charge in [-0.3, -0.25) is 4.79 Å². The molecule has 7 nitrogen and oxygen atoms in total. The van der Waals surface area contributed by atoms with Gasteiger partial charge in [-0.15, -0.1) is 11.3 Å². The minimum absolute atomic E-state index is 0.00637. The Morgan fingerprint density at radius 1 is 1.19 bits per heavy atom. The Labute approximate surface area is 190 Å². The van der Waals surface area contributed by atoms with Crippen LogP contribution in [0.5, 0.6) is 5.75 Å². The topological polar surface area (TPSA) is 88.6 Å². The molecule has 0 spiro atoms. The molecule has 0 unspecified atom stereocenters. The summed E-state index contributed by atoms with van der Waals surface area (Å²) >= 11 is 2.81. The van der Waals surface area contributed by atoms with Crippen LogP contribution in [0, 0.1) is 6.92 Å². The summed E-state index contributed by atoms with van der Waals surface area (Å²) in [6.45, 7) is 2.03. The first-order valence-corrected chi connectivity index (χ1v) is 12.6. The van der Waals surface area contributed by atoms with Crippen LogP contribution in [0.15, 0.2) is 57.1 Å². The minimum Gasteiger partial charge on any atom is -0.495 e. The quantitative estimate of drug-likeness (QED) is 0.491. The molecule has 10 heteroatoms. The normalized spacial score (nSPS) is 11.5. The molecule has 0 bridgehead atoms. The zero-order valence-electron chi connectivity index (χ0n) is 17.6. The summed E-state index contributed by atoms with van der Waals surface area (Å²) in [4.78, 5) is 17.0. The largest absolute Gasteiger partial charge is 0.495 e. The number of methoxy groups -OCH3 is 1. The first-order chi connectivity index (χ1) is 14.7. The summed E-state index contributed by atoms with van der Waals surface area (Å²) in [6.07, 6.45) is 0. The van der Waals surface area contributed by atoms with Crippen LogP contribution in [0.2, 0.25) is 0 Å². The molecule has 3 rings (SSSR count). The highest BCUT2D eigenvalue weighted by Crippen LogP contribution is 2.30. The number of aryl methyl sites for hydroxylation is 1. The number of nitrogens with zero attached hydrogens (tertiary/aromatic N) is 2. The number of hydrogen-bond acceptors (Lipinski definition) is 7. The number of sulfonamides is 1. The Morgan fingerprint density at radius 3 is 2.55 bits per heavy atom. The van der Waals surface area contributed by atoms with Crippen molar-refractivity contribution < 1.29 is 17.9 Å². The van der Waals surface area contributed by atoms with Crippen LogP contribution in [0.1, 0.15) is 5.56 Å². The van der Waals surface area contributed by atoms with Crippen LogP contribution >= 0.6 is 23.1 Å². The molecular formula is C21H23N3O4S3. The summed E-state index contributed by atoms with van der Waals surface area (Å²) in [5.41, 5.74) is 3.48. The number of hydrogen-bond donors (Lipinski definition) is 1. The van der Waals surface area contributed by atoms with E-state index in [0.29, 0.717) is 5.69 Å². The SMILES string of the molecule is COc1ccc(NC(=O)CSc2nc(-c3ccc(C)cc3)cs2)cc1S(=O)(=O)N(C)C. The predicted molar refractivity (Wildman–Crippen MR) is 126 cm³/mol. The Balaban J connectivity index is 1.66. The number of benzene rings is 2. The lowest BCUT2D eigenvalue weighted by Crippen LogP contribution is -2.23. The van der Waals surface area contributed by atoms with E-state index in [1.807, 2.05) is 36.6 Å². The Morgan fingerprint density at radius 2 is 1.90 bits per heavy atom. The van der Waals surface area contributed by atoms with Crippen molar-refractivity contribution in [2.45, 2.75) is 16.2 Å². The number of amides is 1. The van der Waals surface area contributed by atoms with E-state index in [-0.39, 0.29) is 22.3 Å². The van der Waals surface area contributed by atoms with E-state index in [4.69, 9.17) is 4.74 Å². The zero-order valence-corrected chi connectivity index (χ0v) is 20.0. The van der Waals surface area contributed by atoms with Crippen molar-refractivity contribution in [3.8, 4) is 17.0 Å². The van der Waals surface area contributed by atoms with Gasteiger partial charge in [-0.25, -0.2) is 17.7 Å². The Kier molecular flexibility index (Phi) is 7.37.